The average molecular weight is 438 g/mol. The van der Waals surface area contributed by atoms with Gasteiger partial charge in [-0.15, -0.1) is 11.3 Å². The lowest BCUT2D eigenvalue weighted by atomic mass is 10.2. The molecule has 0 radical (unpaired) electrons. The number of aromatic nitrogens is 2. The van der Waals surface area contributed by atoms with Gasteiger partial charge in [0, 0.05) is 25.1 Å². The molecule has 1 saturated heterocycles. The van der Waals surface area contributed by atoms with Crippen LogP contribution >= 0.6 is 23.1 Å². The first-order chi connectivity index (χ1) is 14.1. The predicted octanol–water partition coefficient (Wildman–Crippen LogP) is 2.37. The molecule has 2 aliphatic rings. The van der Waals surface area contributed by atoms with Gasteiger partial charge in [0.05, 0.1) is 29.9 Å². The molecule has 7 nitrogen and oxygen atoms in total. The lowest BCUT2D eigenvalue weighted by Crippen LogP contribution is -2.37. The van der Waals surface area contributed by atoms with Crippen molar-refractivity contribution in [2.75, 3.05) is 26.9 Å². The van der Waals surface area contributed by atoms with Gasteiger partial charge in [-0.2, -0.15) is 0 Å². The van der Waals surface area contributed by atoms with Gasteiger partial charge in [-0.1, -0.05) is 11.8 Å². The lowest BCUT2D eigenvalue weighted by molar-refractivity contribution is -0.120. The van der Waals surface area contributed by atoms with Gasteiger partial charge in [-0.3, -0.25) is 14.2 Å². The van der Waals surface area contributed by atoms with E-state index in [0.717, 1.165) is 48.9 Å². The lowest BCUT2D eigenvalue weighted by Gasteiger charge is -2.17. The van der Waals surface area contributed by atoms with E-state index in [1.807, 2.05) is 6.92 Å². The Hall–Kier alpha value is -1.42. The molecule has 0 bridgehead atoms. The molecule has 158 valence electrons. The van der Waals surface area contributed by atoms with Gasteiger partial charge in [0.2, 0.25) is 5.91 Å². The molecule has 29 heavy (non-hydrogen) atoms. The van der Waals surface area contributed by atoms with Crippen molar-refractivity contribution in [1.29, 1.82) is 0 Å². The Kier molecular flexibility index (Phi) is 6.58. The minimum Gasteiger partial charge on any atom is -0.383 e. The van der Waals surface area contributed by atoms with Crippen LogP contribution in [0.4, 0.5) is 0 Å². The molecule has 1 fully saturated rings. The number of nitrogens with one attached hydrogen (secondary N) is 1. The monoisotopic (exact) mass is 437 g/mol. The van der Waals surface area contributed by atoms with Crippen molar-refractivity contribution in [3.05, 3.63) is 20.8 Å². The summed E-state index contributed by atoms with van der Waals surface area (Å²) < 4.78 is 12.4. The summed E-state index contributed by atoms with van der Waals surface area (Å²) in [5, 5.41) is 3.95. The van der Waals surface area contributed by atoms with Gasteiger partial charge < -0.3 is 14.8 Å². The van der Waals surface area contributed by atoms with Crippen LogP contribution < -0.4 is 10.9 Å². The molecule has 1 aliphatic heterocycles. The highest BCUT2D eigenvalue weighted by atomic mass is 32.2. The summed E-state index contributed by atoms with van der Waals surface area (Å²) in [7, 11) is 1.62. The summed E-state index contributed by atoms with van der Waals surface area (Å²) >= 11 is 2.95. The third-order valence-corrected chi connectivity index (χ3v) is 7.76. The summed E-state index contributed by atoms with van der Waals surface area (Å²) in [6, 6.07) is 0. The minimum absolute atomic E-state index is 0.0130. The van der Waals surface area contributed by atoms with E-state index < -0.39 is 0 Å². The SMILES string of the molecule is COCCn1c(S[C@H](C)C(=O)NC[C@@H]2CCCO2)nc2sc3c(c2c1=O)CCC3. The van der Waals surface area contributed by atoms with Gasteiger partial charge in [-0.05, 0) is 44.6 Å². The maximum Gasteiger partial charge on any atom is 0.263 e. The molecule has 2 aromatic heterocycles. The largest absolute Gasteiger partial charge is 0.383 e. The van der Waals surface area contributed by atoms with E-state index in [0.29, 0.717) is 24.9 Å². The van der Waals surface area contributed by atoms with Crippen LogP contribution in [0.15, 0.2) is 9.95 Å². The van der Waals surface area contributed by atoms with Crippen molar-refractivity contribution in [3.63, 3.8) is 0 Å². The molecule has 4 rings (SSSR count). The van der Waals surface area contributed by atoms with Crippen molar-refractivity contribution >= 4 is 39.2 Å². The first kappa shape index (κ1) is 20.8. The van der Waals surface area contributed by atoms with E-state index in [1.54, 1.807) is 23.0 Å². The maximum absolute atomic E-state index is 13.3. The number of carbonyl (C=O) groups is 1. The molecule has 1 N–H and O–H groups in total. The van der Waals surface area contributed by atoms with Crippen LogP contribution in [0.3, 0.4) is 0 Å². The number of thioether (sulfide) groups is 1. The molecular weight excluding hydrogens is 410 g/mol. The number of methoxy groups -OCH3 is 1. The van der Waals surface area contributed by atoms with Crippen molar-refractivity contribution in [2.45, 2.75) is 62.1 Å². The second-order valence-electron chi connectivity index (χ2n) is 7.52. The molecule has 9 heteroatoms. The van der Waals surface area contributed by atoms with E-state index in [9.17, 15) is 9.59 Å². The molecule has 0 unspecified atom stereocenters. The van der Waals surface area contributed by atoms with Gasteiger partial charge in [0.15, 0.2) is 5.16 Å². The van der Waals surface area contributed by atoms with Crippen molar-refractivity contribution in [1.82, 2.24) is 14.9 Å². The summed E-state index contributed by atoms with van der Waals surface area (Å²) in [5.41, 5.74) is 1.16. The van der Waals surface area contributed by atoms with Crippen molar-refractivity contribution < 1.29 is 14.3 Å². The van der Waals surface area contributed by atoms with Gasteiger partial charge in [0.1, 0.15) is 4.83 Å². The number of hydrogen-bond donors (Lipinski definition) is 1. The quantitative estimate of drug-likeness (QED) is 0.504. The summed E-state index contributed by atoms with van der Waals surface area (Å²) in [5.74, 6) is -0.0631. The zero-order valence-corrected chi connectivity index (χ0v) is 18.5. The van der Waals surface area contributed by atoms with Gasteiger partial charge >= 0.3 is 0 Å². The number of rotatable bonds is 8. The first-order valence-corrected chi connectivity index (χ1v) is 11.9. The number of ether oxygens (including phenoxy) is 2. The van der Waals surface area contributed by atoms with Gasteiger partial charge in [-0.25, -0.2) is 4.98 Å². The van der Waals surface area contributed by atoms with Crippen molar-refractivity contribution in [3.8, 4) is 0 Å². The van der Waals surface area contributed by atoms with E-state index in [2.05, 4.69) is 5.32 Å². The van der Waals surface area contributed by atoms with Gasteiger partial charge in [0.25, 0.3) is 5.56 Å². The Morgan fingerprint density at radius 1 is 1.45 bits per heavy atom. The van der Waals surface area contributed by atoms with Crippen LogP contribution in [0.25, 0.3) is 10.2 Å². The van der Waals surface area contributed by atoms with E-state index in [1.165, 1.54) is 22.2 Å². The second-order valence-corrected chi connectivity index (χ2v) is 9.91. The fourth-order valence-electron chi connectivity index (χ4n) is 3.90. The molecule has 1 amide bonds. The standard InChI is InChI=1S/C20H27N3O4S2/c1-12(17(24)21-11-13-5-4-9-27-13)28-20-22-18-16(14-6-3-7-15(14)29-18)19(25)23(20)8-10-26-2/h12-13H,3-11H2,1-2H3,(H,21,24)/t12-,13+/m1/s1. The van der Waals surface area contributed by atoms with Crippen LogP contribution in [0, 0.1) is 0 Å². The Bertz CT molecular complexity index is 949. The third-order valence-electron chi connectivity index (χ3n) is 5.49. The average Bonchev–Trinajstić information content (AvgIpc) is 3.43. The Morgan fingerprint density at radius 2 is 2.31 bits per heavy atom. The molecule has 0 spiro atoms. The molecule has 0 aromatic carbocycles. The molecule has 3 heterocycles. The zero-order chi connectivity index (χ0) is 20.4. The van der Waals surface area contributed by atoms with Crippen LogP contribution in [0.2, 0.25) is 0 Å². The first-order valence-electron chi connectivity index (χ1n) is 10.2. The maximum atomic E-state index is 13.3. The number of thiophene rings is 1. The van der Waals surface area contributed by atoms with Crippen molar-refractivity contribution in [2.24, 2.45) is 0 Å². The number of amides is 1. The topological polar surface area (TPSA) is 82.4 Å². The van der Waals surface area contributed by atoms with E-state index in [-0.39, 0.29) is 22.8 Å². The van der Waals surface area contributed by atoms with E-state index in [4.69, 9.17) is 14.5 Å². The van der Waals surface area contributed by atoms with Crippen LogP contribution in [0.1, 0.15) is 36.6 Å². The second kappa shape index (κ2) is 9.16. The molecule has 0 saturated carbocycles. The highest BCUT2D eigenvalue weighted by Crippen LogP contribution is 2.36. The highest BCUT2D eigenvalue weighted by molar-refractivity contribution is 8.00. The smallest absolute Gasteiger partial charge is 0.263 e. The number of hydrogen-bond acceptors (Lipinski definition) is 7. The number of fused-ring (bicyclic) bond motifs is 3. The summed E-state index contributed by atoms with van der Waals surface area (Å²) in [4.78, 5) is 32.7. The molecule has 2 atom stereocenters. The molecule has 2 aromatic rings. The van der Waals surface area contributed by atoms with Crippen LogP contribution in [-0.4, -0.2) is 53.7 Å². The summed E-state index contributed by atoms with van der Waals surface area (Å²) in [6.45, 7) is 4.00. The van der Waals surface area contributed by atoms with Crippen LogP contribution in [-0.2, 0) is 33.7 Å². The van der Waals surface area contributed by atoms with E-state index >= 15 is 0 Å². The fraction of sp³-hybridized carbons (Fsp3) is 0.650. The Labute approximate surface area is 178 Å². The Balaban J connectivity index is 1.56. The molecular formula is C20H27N3O4S2. The minimum atomic E-state index is -0.360. The number of nitrogens with zero attached hydrogens (tertiary/aromatic N) is 2. The number of aryl methyl sites for hydroxylation is 2. The highest BCUT2D eigenvalue weighted by Gasteiger charge is 2.25. The third kappa shape index (κ3) is 4.38. The summed E-state index contributed by atoms with van der Waals surface area (Å²) in [6.07, 6.45) is 5.22. The fourth-order valence-corrected chi connectivity index (χ4v) is 6.16. The Morgan fingerprint density at radius 3 is 3.07 bits per heavy atom. The number of carbonyl (C=O) groups excluding carboxylic acids is 1. The zero-order valence-electron chi connectivity index (χ0n) is 16.9. The normalized spacial score (nSPS) is 19.6. The van der Waals surface area contributed by atoms with Crippen LogP contribution in [0.5, 0.6) is 0 Å². The predicted molar refractivity (Wildman–Crippen MR) is 115 cm³/mol. The molecule has 1 aliphatic carbocycles.